The maximum Gasteiger partial charge on any atom is 0.262 e. The number of benzene rings is 1. The highest BCUT2D eigenvalue weighted by Crippen LogP contribution is 2.34. The molecule has 0 radical (unpaired) electrons. The molecule has 0 atom stereocenters. The normalized spacial score (nSPS) is 16.4. The number of fused-ring (bicyclic) bond motifs is 2. The largest absolute Gasteiger partial charge is 0.454 e. The molecule has 1 fully saturated rings. The van der Waals surface area contributed by atoms with E-state index in [4.69, 9.17) is 21.7 Å². The molecule has 1 amide bonds. The lowest BCUT2D eigenvalue weighted by Gasteiger charge is -2.16. The zero-order chi connectivity index (χ0) is 21.6. The Morgan fingerprint density at radius 1 is 1.13 bits per heavy atom. The number of nitrogens with zero attached hydrogens (tertiary/aromatic N) is 1. The molecular weight excluding hydrogens is 416 g/mol. The number of carbonyl (C=O) groups excluding carboxylic acids is 1. The highest BCUT2D eigenvalue weighted by Gasteiger charge is 2.17. The second-order valence-corrected chi connectivity index (χ2v) is 8.75. The first-order chi connectivity index (χ1) is 15.1. The third-order valence-electron chi connectivity index (χ3n) is 6.10. The first kappa shape index (κ1) is 21.8. The van der Waals surface area contributed by atoms with Crippen LogP contribution in [0.3, 0.4) is 0 Å². The van der Waals surface area contributed by atoms with E-state index >= 15 is 0 Å². The zero-order valence-electron chi connectivity index (χ0n) is 17.8. The molecular formula is C22H31N4O4S+. The van der Waals surface area contributed by atoms with Crippen LogP contribution >= 0.6 is 12.2 Å². The molecule has 31 heavy (non-hydrogen) atoms. The Balaban J connectivity index is 1.25. The van der Waals surface area contributed by atoms with Gasteiger partial charge in [0, 0.05) is 32.0 Å². The number of likely N-dealkylation sites (tertiary alicyclic amines) is 1. The monoisotopic (exact) mass is 447 g/mol. The number of ether oxygens (including phenoxy) is 2. The molecule has 2 aliphatic rings. The van der Waals surface area contributed by atoms with Crippen LogP contribution < -0.4 is 25.2 Å². The second kappa shape index (κ2) is 10.3. The van der Waals surface area contributed by atoms with Crippen molar-refractivity contribution in [3.8, 4) is 11.5 Å². The Morgan fingerprint density at radius 3 is 2.65 bits per heavy atom. The molecule has 3 N–H and O–H groups in total. The van der Waals surface area contributed by atoms with E-state index in [2.05, 4.69) is 10.3 Å². The molecule has 2 aliphatic heterocycles. The highest BCUT2D eigenvalue weighted by atomic mass is 32.1. The minimum absolute atomic E-state index is 0.0259. The first-order valence-electron chi connectivity index (χ1n) is 11.3. The van der Waals surface area contributed by atoms with Gasteiger partial charge < -0.3 is 24.7 Å². The molecule has 0 spiro atoms. The Hall–Kier alpha value is -2.39. The van der Waals surface area contributed by atoms with E-state index < -0.39 is 0 Å². The predicted molar refractivity (Wildman–Crippen MR) is 120 cm³/mol. The molecule has 1 aromatic heterocycles. The third kappa shape index (κ3) is 5.46. The molecule has 168 valence electrons. The van der Waals surface area contributed by atoms with Crippen molar-refractivity contribution in [3.63, 3.8) is 0 Å². The summed E-state index contributed by atoms with van der Waals surface area (Å²) in [5, 5.41) is 3.51. The van der Waals surface area contributed by atoms with Crippen molar-refractivity contribution in [2.45, 2.75) is 51.5 Å². The summed E-state index contributed by atoms with van der Waals surface area (Å²) < 4.78 is 12.6. The SMILES string of the molecule is O=C(CCCn1c(=S)[nH]c2cc3c(cc2c1=O)OCO3)NCCC[NH+]1CCCCCC1. The average Bonchev–Trinajstić information content (AvgIpc) is 3.05. The van der Waals surface area contributed by atoms with Gasteiger partial charge in [-0.3, -0.25) is 14.2 Å². The van der Waals surface area contributed by atoms with Gasteiger partial charge in [0.15, 0.2) is 16.3 Å². The van der Waals surface area contributed by atoms with Crippen LogP contribution in [-0.2, 0) is 11.3 Å². The smallest absolute Gasteiger partial charge is 0.262 e. The van der Waals surface area contributed by atoms with Crippen LogP contribution in [0, 0.1) is 4.77 Å². The van der Waals surface area contributed by atoms with E-state index in [9.17, 15) is 9.59 Å². The Labute approximate surface area is 186 Å². The number of hydrogen-bond acceptors (Lipinski definition) is 5. The zero-order valence-corrected chi connectivity index (χ0v) is 18.7. The van der Waals surface area contributed by atoms with Crippen molar-refractivity contribution in [2.24, 2.45) is 0 Å². The summed E-state index contributed by atoms with van der Waals surface area (Å²) in [4.78, 5) is 29.8. The van der Waals surface area contributed by atoms with Gasteiger partial charge in [-0.05, 0) is 50.4 Å². The molecule has 2 aromatic rings. The van der Waals surface area contributed by atoms with Crippen molar-refractivity contribution in [3.05, 3.63) is 27.3 Å². The van der Waals surface area contributed by atoms with Crippen LogP contribution in [0.4, 0.5) is 0 Å². The van der Waals surface area contributed by atoms with Crippen molar-refractivity contribution < 1.29 is 19.2 Å². The van der Waals surface area contributed by atoms with E-state index in [1.807, 2.05) is 0 Å². The molecule has 3 heterocycles. The van der Waals surface area contributed by atoms with Crippen LogP contribution in [0.25, 0.3) is 10.9 Å². The molecule has 4 rings (SSSR count). The lowest BCUT2D eigenvalue weighted by Crippen LogP contribution is -3.11. The van der Waals surface area contributed by atoms with Crippen molar-refractivity contribution in [1.29, 1.82) is 0 Å². The van der Waals surface area contributed by atoms with Gasteiger partial charge >= 0.3 is 0 Å². The summed E-state index contributed by atoms with van der Waals surface area (Å²) in [7, 11) is 0. The van der Waals surface area contributed by atoms with Gasteiger partial charge in [-0.1, -0.05) is 0 Å². The van der Waals surface area contributed by atoms with Crippen LogP contribution in [0.15, 0.2) is 16.9 Å². The number of aromatic nitrogens is 2. The van der Waals surface area contributed by atoms with Gasteiger partial charge in [-0.2, -0.15) is 0 Å². The van der Waals surface area contributed by atoms with E-state index in [0.29, 0.717) is 53.1 Å². The number of nitrogens with one attached hydrogen (secondary N) is 3. The summed E-state index contributed by atoms with van der Waals surface area (Å²) in [6, 6.07) is 3.42. The molecule has 0 aliphatic carbocycles. The fourth-order valence-electron chi connectivity index (χ4n) is 4.38. The van der Waals surface area contributed by atoms with Crippen molar-refractivity contribution >= 4 is 29.0 Å². The van der Waals surface area contributed by atoms with Crippen LogP contribution in [0.2, 0.25) is 0 Å². The van der Waals surface area contributed by atoms with Gasteiger partial charge in [-0.15, -0.1) is 0 Å². The predicted octanol–water partition coefficient (Wildman–Crippen LogP) is 1.53. The second-order valence-electron chi connectivity index (χ2n) is 8.36. The number of aromatic amines is 1. The van der Waals surface area contributed by atoms with Gasteiger partial charge in [0.2, 0.25) is 12.7 Å². The van der Waals surface area contributed by atoms with E-state index in [1.165, 1.54) is 43.3 Å². The minimum atomic E-state index is -0.183. The molecule has 1 aromatic carbocycles. The fraction of sp³-hybridized carbons (Fsp3) is 0.591. The van der Waals surface area contributed by atoms with E-state index in [0.717, 1.165) is 13.0 Å². The van der Waals surface area contributed by atoms with Gasteiger partial charge in [-0.25, -0.2) is 0 Å². The highest BCUT2D eigenvalue weighted by molar-refractivity contribution is 7.71. The number of quaternary nitrogens is 1. The number of carbonyl (C=O) groups is 1. The number of H-pyrrole nitrogens is 1. The van der Waals surface area contributed by atoms with Gasteiger partial charge in [0.25, 0.3) is 5.56 Å². The lowest BCUT2D eigenvalue weighted by molar-refractivity contribution is -0.899. The topological polar surface area (TPSA) is 89.8 Å². The lowest BCUT2D eigenvalue weighted by atomic mass is 10.2. The van der Waals surface area contributed by atoms with Crippen LogP contribution in [0.1, 0.15) is 44.9 Å². The summed E-state index contributed by atoms with van der Waals surface area (Å²) in [5.74, 6) is 1.19. The molecule has 0 saturated carbocycles. The standard InChI is InChI=1S/C22H30N4O4S/c27-20(23-8-6-11-25-9-3-1-2-4-10-25)7-5-12-26-21(28)16-13-18-19(30-15-29-18)14-17(16)24-22(26)31/h13-14H,1-12,15H2,(H,23,27)(H,24,31)/p+1. The molecule has 0 unspecified atom stereocenters. The van der Waals surface area contributed by atoms with E-state index in [-0.39, 0.29) is 18.3 Å². The maximum absolute atomic E-state index is 12.9. The quantitative estimate of drug-likeness (QED) is 0.422. The first-order valence-corrected chi connectivity index (χ1v) is 11.7. The number of rotatable bonds is 8. The Morgan fingerprint density at radius 2 is 1.87 bits per heavy atom. The Bertz CT molecular complexity index is 1040. The third-order valence-corrected chi connectivity index (χ3v) is 6.42. The Kier molecular flexibility index (Phi) is 7.24. The minimum Gasteiger partial charge on any atom is -0.454 e. The molecule has 8 nitrogen and oxygen atoms in total. The van der Waals surface area contributed by atoms with Gasteiger partial charge in [0.1, 0.15) is 0 Å². The van der Waals surface area contributed by atoms with Gasteiger partial charge in [0.05, 0.1) is 30.5 Å². The summed E-state index contributed by atoms with van der Waals surface area (Å²) >= 11 is 5.36. The van der Waals surface area contributed by atoms with E-state index in [1.54, 1.807) is 17.0 Å². The summed E-state index contributed by atoms with van der Waals surface area (Å²) in [6.45, 7) is 4.90. The van der Waals surface area contributed by atoms with Crippen LogP contribution in [0.5, 0.6) is 11.5 Å². The average molecular weight is 448 g/mol. The summed E-state index contributed by atoms with van der Waals surface area (Å²) in [6.07, 6.45) is 7.28. The summed E-state index contributed by atoms with van der Waals surface area (Å²) in [5.41, 5.74) is 0.442. The molecule has 0 bridgehead atoms. The fourth-order valence-corrected chi connectivity index (χ4v) is 4.66. The number of hydrogen-bond donors (Lipinski definition) is 3. The molecule has 9 heteroatoms. The van der Waals surface area contributed by atoms with Crippen LogP contribution in [-0.4, -0.2) is 48.4 Å². The number of amides is 1. The van der Waals surface area contributed by atoms with Crippen molar-refractivity contribution in [2.75, 3.05) is 33.0 Å². The maximum atomic E-state index is 12.9. The molecule has 1 saturated heterocycles. The van der Waals surface area contributed by atoms with Crippen molar-refractivity contribution in [1.82, 2.24) is 14.9 Å².